The first-order chi connectivity index (χ1) is 8.49. The first kappa shape index (κ1) is 15.2. The molecule has 1 rings (SSSR count). The zero-order valence-electron chi connectivity index (χ0n) is 11.5. The minimum atomic E-state index is 0.359. The summed E-state index contributed by atoms with van der Waals surface area (Å²) in [6.07, 6.45) is 0.923. The fourth-order valence-corrected chi connectivity index (χ4v) is 2.56. The smallest absolute Gasteiger partial charge is 0.152 e. The number of hydrogen-bond acceptors (Lipinski definition) is 3. The molecule has 18 heavy (non-hydrogen) atoms. The molecule has 1 unspecified atom stereocenters. The Kier molecular flexibility index (Phi) is 5.82. The molecule has 1 aromatic rings. The van der Waals surface area contributed by atoms with E-state index < -0.39 is 0 Å². The van der Waals surface area contributed by atoms with Crippen molar-refractivity contribution in [3.05, 3.63) is 28.2 Å². The second-order valence-electron chi connectivity index (χ2n) is 4.72. The van der Waals surface area contributed by atoms with Gasteiger partial charge in [-0.2, -0.15) is 0 Å². The Labute approximate surface area is 118 Å². The molecule has 0 bridgehead atoms. The lowest BCUT2D eigenvalue weighted by atomic mass is 10.1. The van der Waals surface area contributed by atoms with Gasteiger partial charge in [-0.3, -0.25) is 4.79 Å². The van der Waals surface area contributed by atoms with E-state index in [9.17, 15) is 4.79 Å². The van der Waals surface area contributed by atoms with Crippen LogP contribution in [-0.4, -0.2) is 44.4 Å². The first-order valence-corrected chi connectivity index (χ1v) is 6.95. The molecule has 0 fully saturated rings. The molecule has 0 aromatic heterocycles. The van der Waals surface area contributed by atoms with E-state index in [4.69, 9.17) is 0 Å². The molecule has 0 N–H and O–H groups in total. The highest BCUT2D eigenvalue weighted by molar-refractivity contribution is 9.10. The van der Waals surface area contributed by atoms with Crippen LogP contribution in [0.1, 0.15) is 24.2 Å². The van der Waals surface area contributed by atoms with Crippen LogP contribution in [-0.2, 0) is 0 Å². The van der Waals surface area contributed by atoms with Gasteiger partial charge in [0, 0.05) is 34.9 Å². The lowest BCUT2D eigenvalue weighted by molar-refractivity contribution is 0.112. The maximum Gasteiger partial charge on any atom is 0.152 e. The molecule has 4 heteroatoms. The number of nitrogens with zero attached hydrogens (tertiary/aromatic N) is 2. The van der Waals surface area contributed by atoms with Gasteiger partial charge < -0.3 is 9.80 Å². The van der Waals surface area contributed by atoms with Crippen LogP contribution in [0.4, 0.5) is 5.69 Å². The van der Waals surface area contributed by atoms with Crippen molar-refractivity contribution in [1.82, 2.24) is 4.90 Å². The van der Waals surface area contributed by atoms with Gasteiger partial charge in [0.1, 0.15) is 0 Å². The average molecular weight is 313 g/mol. The monoisotopic (exact) mass is 312 g/mol. The Balaban J connectivity index is 3.07. The number of hydrogen-bond donors (Lipinski definition) is 0. The van der Waals surface area contributed by atoms with Gasteiger partial charge >= 0.3 is 0 Å². The normalized spacial score (nSPS) is 12.6. The number of rotatable bonds is 6. The van der Waals surface area contributed by atoms with Gasteiger partial charge in [-0.15, -0.1) is 0 Å². The zero-order valence-corrected chi connectivity index (χ0v) is 13.1. The van der Waals surface area contributed by atoms with Crippen molar-refractivity contribution in [3.8, 4) is 0 Å². The molecule has 0 spiro atoms. The number of carbonyl (C=O) groups is 1. The van der Waals surface area contributed by atoms with Crippen LogP contribution in [0, 0.1) is 0 Å². The van der Waals surface area contributed by atoms with Crippen LogP contribution in [0.5, 0.6) is 0 Å². The van der Waals surface area contributed by atoms with Crippen LogP contribution >= 0.6 is 15.9 Å². The highest BCUT2D eigenvalue weighted by Gasteiger charge is 2.16. The Bertz CT molecular complexity index is 407. The summed E-state index contributed by atoms with van der Waals surface area (Å²) in [6, 6.07) is 6.13. The van der Waals surface area contributed by atoms with E-state index in [0.29, 0.717) is 6.04 Å². The van der Waals surface area contributed by atoms with Crippen LogP contribution in [0.2, 0.25) is 0 Å². The van der Waals surface area contributed by atoms with E-state index in [1.807, 2.05) is 18.2 Å². The average Bonchev–Trinajstić information content (AvgIpc) is 2.29. The Morgan fingerprint density at radius 3 is 2.56 bits per heavy atom. The van der Waals surface area contributed by atoms with Crippen LogP contribution in [0.15, 0.2) is 22.7 Å². The first-order valence-electron chi connectivity index (χ1n) is 6.15. The van der Waals surface area contributed by atoms with Crippen LogP contribution in [0.3, 0.4) is 0 Å². The summed E-state index contributed by atoms with van der Waals surface area (Å²) in [5, 5.41) is 0. The van der Waals surface area contributed by atoms with Gasteiger partial charge in [0.15, 0.2) is 6.29 Å². The molecule has 0 radical (unpaired) electrons. The third-order valence-electron chi connectivity index (χ3n) is 2.93. The molecule has 100 valence electrons. The fourth-order valence-electron chi connectivity index (χ4n) is 2.21. The van der Waals surface area contributed by atoms with Gasteiger partial charge in [0.05, 0.1) is 0 Å². The van der Waals surface area contributed by atoms with E-state index in [1.54, 1.807) is 0 Å². The van der Waals surface area contributed by atoms with Gasteiger partial charge in [-0.1, -0.05) is 15.9 Å². The van der Waals surface area contributed by atoms with Crippen molar-refractivity contribution in [2.45, 2.75) is 19.9 Å². The molecule has 0 aliphatic carbocycles. The Morgan fingerprint density at radius 2 is 2.06 bits per heavy atom. The van der Waals surface area contributed by atoms with Crippen molar-refractivity contribution in [1.29, 1.82) is 0 Å². The van der Waals surface area contributed by atoms with E-state index in [2.05, 4.69) is 53.7 Å². The SMILES string of the molecule is CCN(c1cc(Br)ccc1C=O)C(C)CN(C)C. The summed E-state index contributed by atoms with van der Waals surface area (Å²) >= 11 is 3.47. The van der Waals surface area contributed by atoms with Crippen LogP contribution < -0.4 is 4.90 Å². The number of carbonyl (C=O) groups excluding carboxylic acids is 1. The highest BCUT2D eigenvalue weighted by Crippen LogP contribution is 2.25. The summed E-state index contributed by atoms with van der Waals surface area (Å²) < 4.78 is 0.999. The molecule has 1 aromatic carbocycles. The summed E-state index contributed by atoms with van der Waals surface area (Å²) in [5.74, 6) is 0. The van der Waals surface area contributed by atoms with E-state index >= 15 is 0 Å². The van der Waals surface area contributed by atoms with Crippen molar-refractivity contribution in [2.75, 3.05) is 32.1 Å². The van der Waals surface area contributed by atoms with Gasteiger partial charge in [-0.05, 0) is 46.1 Å². The Morgan fingerprint density at radius 1 is 1.39 bits per heavy atom. The molecular weight excluding hydrogens is 292 g/mol. The van der Waals surface area contributed by atoms with E-state index in [0.717, 1.165) is 35.1 Å². The third kappa shape index (κ3) is 3.82. The molecule has 0 heterocycles. The molecule has 3 nitrogen and oxygen atoms in total. The van der Waals surface area contributed by atoms with E-state index in [1.165, 1.54) is 0 Å². The summed E-state index contributed by atoms with van der Waals surface area (Å²) in [6.45, 7) is 6.13. The van der Waals surface area contributed by atoms with Crippen LogP contribution in [0.25, 0.3) is 0 Å². The zero-order chi connectivity index (χ0) is 13.7. The summed E-state index contributed by atoms with van der Waals surface area (Å²) in [4.78, 5) is 15.6. The number of halogens is 1. The minimum absolute atomic E-state index is 0.359. The largest absolute Gasteiger partial charge is 0.367 e. The van der Waals surface area contributed by atoms with Gasteiger partial charge in [0.25, 0.3) is 0 Å². The third-order valence-corrected chi connectivity index (χ3v) is 3.42. The second kappa shape index (κ2) is 6.90. The minimum Gasteiger partial charge on any atom is -0.367 e. The maximum absolute atomic E-state index is 11.2. The lowest BCUT2D eigenvalue weighted by Gasteiger charge is -2.33. The molecule has 0 amide bonds. The van der Waals surface area contributed by atoms with Crippen molar-refractivity contribution < 1.29 is 4.79 Å². The number of aldehydes is 1. The summed E-state index contributed by atoms with van der Waals surface area (Å²) in [5.41, 5.74) is 1.74. The second-order valence-corrected chi connectivity index (χ2v) is 5.63. The molecular formula is C14H21BrN2O. The molecule has 0 saturated carbocycles. The van der Waals surface area contributed by atoms with Gasteiger partial charge in [-0.25, -0.2) is 0 Å². The molecule has 1 atom stereocenters. The standard InChI is InChI=1S/C14H21BrN2O/c1-5-17(11(2)9-16(3)4)14-8-13(15)7-6-12(14)10-18/h6-8,10-11H,5,9H2,1-4H3. The topological polar surface area (TPSA) is 23.6 Å². The molecule has 0 aliphatic rings. The molecule has 0 aliphatic heterocycles. The maximum atomic E-state index is 11.2. The number of likely N-dealkylation sites (N-methyl/N-ethyl adjacent to an activating group) is 2. The van der Waals surface area contributed by atoms with Crippen molar-refractivity contribution in [2.24, 2.45) is 0 Å². The Hall–Kier alpha value is -0.870. The molecule has 0 saturated heterocycles. The predicted molar refractivity (Wildman–Crippen MR) is 80.6 cm³/mol. The number of anilines is 1. The van der Waals surface area contributed by atoms with Gasteiger partial charge in [0.2, 0.25) is 0 Å². The van der Waals surface area contributed by atoms with Crippen molar-refractivity contribution >= 4 is 27.9 Å². The fraction of sp³-hybridized carbons (Fsp3) is 0.500. The van der Waals surface area contributed by atoms with E-state index in [-0.39, 0.29) is 0 Å². The lowest BCUT2D eigenvalue weighted by Crippen LogP contribution is -2.40. The quantitative estimate of drug-likeness (QED) is 0.754. The number of benzene rings is 1. The summed E-state index contributed by atoms with van der Waals surface area (Å²) in [7, 11) is 4.12. The predicted octanol–water partition coefficient (Wildman–Crippen LogP) is 3.04. The van der Waals surface area contributed by atoms with Crippen molar-refractivity contribution in [3.63, 3.8) is 0 Å². The highest BCUT2D eigenvalue weighted by atomic mass is 79.9.